The summed E-state index contributed by atoms with van der Waals surface area (Å²) in [6, 6.07) is 7.86. The number of amides is 1. The Labute approximate surface area is 107 Å². The van der Waals surface area contributed by atoms with E-state index < -0.39 is 0 Å². The molecule has 4 heteroatoms. The molecule has 92 valence electrons. The Kier molecular flexibility index (Phi) is 5.10. The van der Waals surface area contributed by atoms with E-state index in [2.05, 4.69) is 11.4 Å². The van der Waals surface area contributed by atoms with Crippen LogP contribution in [0.25, 0.3) is 0 Å². The molecule has 3 nitrogen and oxygen atoms in total. The summed E-state index contributed by atoms with van der Waals surface area (Å²) in [5, 5.41) is 3.20. The van der Waals surface area contributed by atoms with E-state index >= 15 is 0 Å². The Morgan fingerprint density at radius 2 is 2.24 bits per heavy atom. The second kappa shape index (κ2) is 6.35. The van der Waals surface area contributed by atoms with Crippen molar-refractivity contribution in [3.05, 3.63) is 35.4 Å². The fourth-order valence-corrected chi connectivity index (χ4v) is 1.80. The van der Waals surface area contributed by atoms with Crippen molar-refractivity contribution in [1.82, 2.24) is 5.32 Å². The second-order valence-corrected chi connectivity index (χ2v) is 4.37. The number of methoxy groups -OCH3 is 1. The molecule has 1 atom stereocenters. The van der Waals surface area contributed by atoms with E-state index in [1.807, 2.05) is 25.1 Å². The molecular formula is C13H17NO2S. The van der Waals surface area contributed by atoms with Gasteiger partial charge >= 0.3 is 0 Å². The van der Waals surface area contributed by atoms with E-state index in [1.54, 1.807) is 0 Å². The minimum atomic E-state index is -0.255. The first-order valence-electron chi connectivity index (χ1n) is 5.43. The Hall–Kier alpha value is -1.42. The number of rotatable bonds is 4. The molecule has 0 aliphatic carbocycles. The molecule has 1 amide bonds. The molecule has 0 saturated heterocycles. The third-order valence-electron chi connectivity index (χ3n) is 2.39. The molecule has 0 bridgehead atoms. The molecule has 0 heterocycles. The molecule has 1 rings (SSSR count). The number of aryl methyl sites for hydroxylation is 1. The summed E-state index contributed by atoms with van der Waals surface area (Å²) in [6.07, 6.45) is 0.647. The van der Waals surface area contributed by atoms with Crippen molar-refractivity contribution in [2.24, 2.45) is 0 Å². The van der Waals surface area contributed by atoms with Crippen molar-refractivity contribution in [3.63, 3.8) is 0 Å². The standard InChI is InChI=1S/C13H17NO2S/c1-9-5-4-6-11(7-9)8-12(13(17)16-3)14-10(2)15/h4-7,12H,8H2,1-3H3,(H,14,15). The third-order valence-corrected chi connectivity index (χ3v) is 2.84. The Morgan fingerprint density at radius 3 is 2.76 bits per heavy atom. The van der Waals surface area contributed by atoms with E-state index in [9.17, 15) is 4.79 Å². The first-order chi connectivity index (χ1) is 8.02. The molecule has 0 aliphatic heterocycles. The van der Waals surface area contributed by atoms with Gasteiger partial charge in [0.1, 0.15) is 6.04 Å². The van der Waals surface area contributed by atoms with Crippen LogP contribution in [0.2, 0.25) is 0 Å². The van der Waals surface area contributed by atoms with Crippen LogP contribution < -0.4 is 5.32 Å². The van der Waals surface area contributed by atoms with Crippen LogP contribution >= 0.6 is 12.2 Å². The van der Waals surface area contributed by atoms with Gasteiger partial charge in [0.25, 0.3) is 0 Å². The number of hydrogen-bond donors (Lipinski definition) is 1. The Balaban J connectivity index is 2.78. The van der Waals surface area contributed by atoms with Crippen molar-refractivity contribution < 1.29 is 9.53 Å². The Bertz CT molecular complexity index is 418. The molecule has 0 saturated carbocycles. The fraction of sp³-hybridized carbons (Fsp3) is 0.385. The van der Waals surface area contributed by atoms with Crippen LogP contribution in [0.15, 0.2) is 24.3 Å². The van der Waals surface area contributed by atoms with Gasteiger partial charge < -0.3 is 10.1 Å². The number of nitrogens with one attached hydrogen (secondary N) is 1. The van der Waals surface area contributed by atoms with Gasteiger partial charge in [-0.15, -0.1) is 0 Å². The molecule has 17 heavy (non-hydrogen) atoms. The lowest BCUT2D eigenvalue weighted by atomic mass is 10.0. The largest absolute Gasteiger partial charge is 0.488 e. The van der Waals surface area contributed by atoms with Crippen molar-refractivity contribution in [2.75, 3.05) is 7.11 Å². The smallest absolute Gasteiger partial charge is 0.217 e. The highest BCUT2D eigenvalue weighted by Crippen LogP contribution is 2.08. The molecule has 0 fully saturated rings. The minimum Gasteiger partial charge on any atom is -0.488 e. The highest BCUT2D eigenvalue weighted by Gasteiger charge is 2.16. The van der Waals surface area contributed by atoms with Crippen molar-refractivity contribution in [3.8, 4) is 0 Å². The van der Waals surface area contributed by atoms with E-state index in [0.717, 1.165) is 5.56 Å². The first kappa shape index (κ1) is 13.6. The van der Waals surface area contributed by atoms with E-state index in [4.69, 9.17) is 17.0 Å². The van der Waals surface area contributed by atoms with Crippen LogP contribution in [0.4, 0.5) is 0 Å². The average Bonchev–Trinajstić information content (AvgIpc) is 2.26. The zero-order valence-corrected chi connectivity index (χ0v) is 11.1. The maximum Gasteiger partial charge on any atom is 0.217 e. The first-order valence-corrected chi connectivity index (χ1v) is 5.84. The van der Waals surface area contributed by atoms with Crippen LogP contribution in [-0.2, 0) is 16.0 Å². The molecule has 0 spiro atoms. The number of ether oxygens (including phenoxy) is 1. The fourth-order valence-electron chi connectivity index (χ4n) is 1.66. The quantitative estimate of drug-likeness (QED) is 0.832. The number of benzene rings is 1. The molecule has 1 unspecified atom stereocenters. The summed E-state index contributed by atoms with van der Waals surface area (Å²) in [5.74, 6) is -0.109. The van der Waals surface area contributed by atoms with E-state index in [0.29, 0.717) is 11.5 Å². The number of hydrogen-bond acceptors (Lipinski definition) is 3. The average molecular weight is 251 g/mol. The van der Waals surface area contributed by atoms with Gasteiger partial charge in [0.05, 0.1) is 7.11 Å². The van der Waals surface area contributed by atoms with Crippen LogP contribution in [0.3, 0.4) is 0 Å². The van der Waals surface area contributed by atoms with Gasteiger partial charge in [-0.1, -0.05) is 29.8 Å². The summed E-state index contributed by atoms with van der Waals surface area (Å²) in [4.78, 5) is 11.1. The van der Waals surface area contributed by atoms with E-state index in [1.165, 1.54) is 19.6 Å². The molecule has 1 aromatic rings. The summed E-state index contributed by atoms with van der Waals surface area (Å²) in [6.45, 7) is 3.51. The van der Waals surface area contributed by atoms with Gasteiger partial charge in [0, 0.05) is 13.3 Å². The predicted octanol–water partition coefficient (Wildman–Crippen LogP) is 2.02. The number of carbonyl (C=O) groups excluding carboxylic acids is 1. The lowest BCUT2D eigenvalue weighted by Crippen LogP contribution is -2.41. The molecule has 0 aliphatic rings. The summed E-state index contributed by atoms with van der Waals surface area (Å²) < 4.78 is 5.03. The zero-order chi connectivity index (χ0) is 12.8. The second-order valence-electron chi connectivity index (χ2n) is 3.97. The number of carbonyl (C=O) groups is 1. The van der Waals surface area contributed by atoms with Crippen molar-refractivity contribution >= 4 is 23.2 Å². The normalized spacial score (nSPS) is 11.7. The van der Waals surface area contributed by atoms with Gasteiger partial charge in [-0.3, -0.25) is 4.79 Å². The van der Waals surface area contributed by atoms with Crippen LogP contribution in [0.1, 0.15) is 18.1 Å². The summed E-state index contributed by atoms with van der Waals surface area (Å²) in [5.41, 5.74) is 2.32. The molecule has 1 aromatic carbocycles. The lowest BCUT2D eigenvalue weighted by Gasteiger charge is -2.18. The zero-order valence-electron chi connectivity index (χ0n) is 10.3. The lowest BCUT2D eigenvalue weighted by molar-refractivity contribution is -0.119. The van der Waals surface area contributed by atoms with Gasteiger partial charge in [-0.25, -0.2) is 0 Å². The predicted molar refractivity (Wildman–Crippen MR) is 72.1 cm³/mol. The molecule has 0 radical (unpaired) electrons. The Morgan fingerprint density at radius 1 is 1.53 bits per heavy atom. The highest BCUT2D eigenvalue weighted by atomic mass is 32.1. The minimum absolute atomic E-state index is 0.109. The maximum atomic E-state index is 11.1. The highest BCUT2D eigenvalue weighted by molar-refractivity contribution is 7.80. The molecule has 0 aromatic heterocycles. The van der Waals surface area contributed by atoms with Gasteiger partial charge in [-0.05, 0) is 24.7 Å². The van der Waals surface area contributed by atoms with Crippen LogP contribution in [-0.4, -0.2) is 24.1 Å². The maximum absolute atomic E-state index is 11.1. The topological polar surface area (TPSA) is 38.3 Å². The monoisotopic (exact) mass is 251 g/mol. The van der Waals surface area contributed by atoms with E-state index in [-0.39, 0.29) is 11.9 Å². The van der Waals surface area contributed by atoms with Crippen LogP contribution in [0, 0.1) is 6.92 Å². The summed E-state index contributed by atoms with van der Waals surface area (Å²) in [7, 11) is 1.52. The third kappa shape index (κ3) is 4.53. The van der Waals surface area contributed by atoms with Gasteiger partial charge in [0.2, 0.25) is 5.91 Å². The number of thiocarbonyl (C=S) groups is 1. The summed E-state index contributed by atoms with van der Waals surface area (Å²) >= 11 is 5.09. The van der Waals surface area contributed by atoms with Crippen molar-refractivity contribution in [1.29, 1.82) is 0 Å². The molecule has 1 N–H and O–H groups in total. The van der Waals surface area contributed by atoms with Crippen molar-refractivity contribution in [2.45, 2.75) is 26.3 Å². The van der Waals surface area contributed by atoms with Crippen LogP contribution in [0.5, 0.6) is 0 Å². The SMILES string of the molecule is COC(=S)C(Cc1cccc(C)c1)NC(C)=O. The molecular weight excluding hydrogens is 234 g/mol. The van der Waals surface area contributed by atoms with Gasteiger partial charge in [-0.2, -0.15) is 0 Å². The van der Waals surface area contributed by atoms with Gasteiger partial charge in [0.15, 0.2) is 5.05 Å².